The summed E-state index contributed by atoms with van der Waals surface area (Å²) < 4.78 is 60.6. The Kier molecular flexibility index (Phi) is 7.55. The van der Waals surface area contributed by atoms with Crippen LogP contribution >= 0.6 is 23.2 Å². The van der Waals surface area contributed by atoms with E-state index in [-0.39, 0.29) is 26.3 Å². The van der Waals surface area contributed by atoms with Crippen LogP contribution in [0.1, 0.15) is 6.42 Å². The summed E-state index contributed by atoms with van der Waals surface area (Å²) in [5, 5.41) is 12.4. The number of hydrogen-bond donors (Lipinski definition) is 3. The molecule has 6 aromatic rings. The summed E-state index contributed by atoms with van der Waals surface area (Å²) in [5.41, 5.74) is 0.625. The third-order valence-corrected chi connectivity index (χ3v) is 9.75. The van der Waals surface area contributed by atoms with Crippen molar-refractivity contribution in [3.63, 3.8) is 0 Å². The highest BCUT2D eigenvalue weighted by Gasteiger charge is 2.26. The minimum atomic E-state index is -4.41. The van der Waals surface area contributed by atoms with Crippen LogP contribution in [0.3, 0.4) is 0 Å². The molecule has 1 aliphatic rings. The number of aliphatic hydroxyl groups excluding tert-OH is 1. The number of rotatable bonds is 7. The van der Waals surface area contributed by atoms with Crippen LogP contribution in [0.15, 0.2) is 72.3 Å². The van der Waals surface area contributed by atoms with Gasteiger partial charge in [0.2, 0.25) is 0 Å². The Labute approximate surface area is 269 Å². The monoisotopic (exact) mass is 683 g/mol. The largest absolute Gasteiger partial charge is 0.391 e. The van der Waals surface area contributed by atoms with Gasteiger partial charge < -0.3 is 15.3 Å². The molecule has 0 unspecified atom stereocenters. The van der Waals surface area contributed by atoms with Gasteiger partial charge in [0.15, 0.2) is 17.5 Å². The number of fused-ring (bicyclic) bond motifs is 2. The smallest absolute Gasteiger partial charge is 0.263 e. The third-order valence-electron chi connectivity index (χ3n) is 7.41. The fourth-order valence-electron chi connectivity index (χ4n) is 5.19. The number of halogens is 4. The molecule has 0 saturated carbocycles. The van der Waals surface area contributed by atoms with Crippen LogP contribution in [0.4, 0.5) is 31.8 Å². The van der Waals surface area contributed by atoms with Gasteiger partial charge in [-0.05, 0) is 48.9 Å². The van der Waals surface area contributed by atoms with Crippen LogP contribution in [0.25, 0.3) is 27.9 Å². The number of imidazole rings is 1. The summed E-state index contributed by atoms with van der Waals surface area (Å²) in [4.78, 5) is 23.7. The van der Waals surface area contributed by atoms with Gasteiger partial charge in [0.05, 0.1) is 32.9 Å². The molecule has 46 heavy (non-hydrogen) atoms. The lowest BCUT2D eigenvalue weighted by molar-refractivity contribution is 0.198. The van der Waals surface area contributed by atoms with Gasteiger partial charge in [0, 0.05) is 19.3 Å². The van der Waals surface area contributed by atoms with E-state index < -0.39 is 39.1 Å². The van der Waals surface area contributed by atoms with Crippen LogP contribution in [-0.4, -0.2) is 62.2 Å². The molecule has 7 rings (SSSR count). The number of nitrogens with zero attached hydrogens (tertiary/aromatic N) is 7. The molecule has 234 valence electrons. The Hall–Kier alpha value is -4.70. The average molecular weight is 685 g/mol. The first-order valence-electron chi connectivity index (χ1n) is 13.7. The number of hydrogen-bond acceptors (Lipinski definition) is 10. The third kappa shape index (κ3) is 5.30. The minimum Gasteiger partial charge on any atom is -0.391 e. The molecule has 12 nitrogen and oxygen atoms in total. The summed E-state index contributed by atoms with van der Waals surface area (Å²) in [6.45, 7) is 1.09. The fourth-order valence-corrected chi connectivity index (χ4v) is 7.01. The van der Waals surface area contributed by atoms with Crippen molar-refractivity contribution in [2.45, 2.75) is 17.4 Å². The second-order valence-corrected chi connectivity index (χ2v) is 12.8. The van der Waals surface area contributed by atoms with Crippen LogP contribution in [0.2, 0.25) is 10.0 Å². The molecule has 1 saturated heterocycles. The highest BCUT2D eigenvalue weighted by Crippen LogP contribution is 2.34. The van der Waals surface area contributed by atoms with E-state index in [1.807, 2.05) is 4.90 Å². The predicted molar refractivity (Wildman–Crippen MR) is 170 cm³/mol. The maximum atomic E-state index is 15.7. The Morgan fingerprint density at radius 3 is 2.63 bits per heavy atom. The van der Waals surface area contributed by atoms with Crippen molar-refractivity contribution in [2.24, 2.45) is 0 Å². The second-order valence-electron chi connectivity index (χ2n) is 10.3. The van der Waals surface area contributed by atoms with Gasteiger partial charge in [-0.15, -0.1) is 0 Å². The van der Waals surface area contributed by atoms with Crippen molar-refractivity contribution < 1.29 is 22.3 Å². The standard InChI is InChI=1S/C29H21Cl2F2N9O3S/c30-16-2-1-3-21(23(16)31)46(44,45)40-18-5-4-17(32)25(24(18)33)39-28-26-19(35-13-36-28)6-7-22(38-26)42-14-37-27-20(42)8-10-34-29(27)41-11-9-15(43)12-41/h1-8,10,13-15,40,43H,9,11-12H2,(H,35,36,39)/t15-/m1/s1. The van der Waals surface area contributed by atoms with Crippen LogP contribution in [0, 0.1) is 11.6 Å². The summed E-state index contributed by atoms with van der Waals surface area (Å²) >= 11 is 12.0. The zero-order valence-corrected chi connectivity index (χ0v) is 25.7. The minimum absolute atomic E-state index is 0.0128. The molecule has 0 spiro atoms. The second kappa shape index (κ2) is 11.6. The molecule has 5 heterocycles. The molecule has 0 aliphatic carbocycles. The van der Waals surface area contributed by atoms with Crippen molar-refractivity contribution in [1.82, 2.24) is 29.5 Å². The lowest BCUT2D eigenvalue weighted by Gasteiger charge is -2.16. The molecule has 1 aliphatic heterocycles. The van der Waals surface area contributed by atoms with E-state index in [2.05, 4.69) is 35.0 Å². The topological polar surface area (TPSA) is 151 Å². The number of aromatic nitrogens is 6. The van der Waals surface area contributed by atoms with E-state index >= 15 is 8.78 Å². The van der Waals surface area contributed by atoms with Gasteiger partial charge in [-0.2, -0.15) is 0 Å². The zero-order valence-electron chi connectivity index (χ0n) is 23.4. The number of nitrogens with one attached hydrogen (secondary N) is 2. The lowest BCUT2D eigenvalue weighted by Crippen LogP contribution is -2.22. The average Bonchev–Trinajstić information content (AvgIpc) is 3.68. The van der Waals surface area contributed by atoms with Crippen molar-refractivity contribution in [3.8, 4) is 5.82 Å². The predicted octanol–water partition coefficient (Wildman–Crippen LogP) is 5.46. The Morgan fingerprint density at radius 1 is 0.978 bits per heavy atom. The van der Waals surface area contributed by atoms with Crippen molar-refractivity contribution in [3.05, 3.63) is 89.1 Å². The van der Waals surface area contributed by atoms with E-state index in [1.54, 1.807) is 35.3 Å². The molecule has 1 fully saturated rings. The molecule has 2 aromatic carbocycles. The Balaban J connectivity index is 1.25. The van der Waals surface area contributed by atoms with Crippen LogP contribution < -0.4 is 14.9 Å². The van der Waals surface area contributed by atoms with Gasteiger partial charge in [-0.1, -0.05) is 29.3 Å². The van der Waals surface area contributed by atoms with E-state index in [0.29, 0.717) is 47.7 Å². The lowest BCUT2D eigenvalue weighted by atomic mass is 10.2. The van der Waals surface area contributed by atoms with Gasteiger partial charge in [-0.3, -0.25) is 9.29 Å². The fraction of sp³-hybridized carbons (Fsp3) is 0.138. The molecule has 17 heteroatoms. The van der Waals surface area contributed by atoms with Crippen molar-refractivity contribution >= 4 is 78.3 Å². The van der Waals surface area contributed by atoms with Crippen LogP contribution in [-0.2, 0) is 10.0 Å². The summed E-state index contributed by atoms with van der Waals surface area (Å²) in [5.74, 6) is -1.25. The number of anilines is 4. The quantitative estimate of drug-likeness (QED) is 0.198. The number of benzene rings is 2. The first-order valence-corrected chi connectivity index (χ1v) is 15.9. The number of aliphatic hydroxyl groups is 1. The van der Waals surface area contributed by atoms with Gasteiger partial charge in [0.1, 0.15) is 45.9 Å². The van der Waals surface area contributed by atoms with Gasteiger partial charge in [0.25, 0.3) is 10.0 Å². The SMILES string of the molecule is O=S(=O)(Nc1ccc(F)c(Nc2ncnc3ccc(-n4cnc5c(N6CC[C@@H](O)C6)nccc54)nc23)c1F)c1cccc(Cl)c1Cl. The first-order chi connectivity index (χ1) is 22.1. The number of β-amino-alcohol motifs (C(OH)–C–C–N with tert-alkyl or cyclic N) is 1. The molecule has 1 atom stereocenters. The molecule has 0 radical (unpaired) electrons. The van der Waals surface area contributed by atoms with E-state index in [0.717, 1.165) is 12.1 Å². The van der Waals surface area contributed by atoms with Gasteiger partial charge >= 0.3 is 0 Å². The molecule has 4 aromatic heterocycles. The van der Waals surface area contributed by atoms with E-state index in [9.17, 15) is 13.5 Å². The molecule has 3 N–H and O–H groups in total. The van der Waals surface area contributed by atoms with Crippen molar-refractivity contribution in [2.75, 3.05) is 28.0 Å². The summed E-state index contributed by atoms with van der Waals surface area (Å²) in [7, 11) is -4.41. The maximum Gasteiger partial charge on any atom is 0.263 e. The highest BCUT2D eigenvalue weighted by molar-refractivity contribution is 7.92. The Bertz CT molecular complexity index is 2270. The molecule has 0 amide bonds. The normalized spacial score (nSPS) is 15.2. The summed E-state index contributed by atoms with van der Waals surface area (Å²) in [6, 6.07) is 11.0. The molecular formula is C29H21Cl2F2N9O3S. The van der Waals surface area contributed by atoms with Crippen LogP contribution in [0.5, 0.6) is 0 Å². The number of sulfonamides is 1. The maximum absolute atomic E-state index is 15.7. The zero-order chi connectivity index (χ0) is 32.2. The Morgan fingerprint density at radius 2 is 1.83 bits per heavy atom. The summed E-state index contributed by atoms with van der Waals surface area (Å²) in [6.07, 6.45) is 4.61. The molecule has 0 bridgehead atoms. The van der Waals surface area contributed by atoms with E-state index in [1.165, 1.54) is 24.5 Å². The van der Waals surface area contributed by atoms with Gasteiger partial charge in [-0.25, -0.2) is 42.1 Å². The highest BCUT2D eigenvalue weighted by atomic mass is 35.5. The van der Waals surface area contributed by atoms with E-state index in [4.69, 9.17) is 23.2 Å². The first kappa shape index (κ1) is 30.0. The van der Waals surface area contributed by atoms with Crippen molar-refractivity contribution in [1.29, 1.82) is 0 Å². The number of pyridine rings is 2. The molecular weight excluding hydrogens is 663 g/mol.